The molecular formula is C11H5Br2Cl2FS. The number of halogens is 5. The Morgan fingerprint density at radius 3 is 2.41 bits per heavy atom. The standard InChI is InChI=1S/C11H5Br2Cl2FS/c12-8-3-5(16)1-2-6(8)10(13)7-4-9(14)17-11(7)15/h1-4,10H. The fraction of sp³-hybridized carbons (Fsp3) is 0.0909. The van der Waals surface area contributed by atoms with Crippen LogP contribution in [0.15, 0.2) is 28.7 Å². The molecule has 0 aliphatic rings. The number of rotatable bonds is 2. The van der Waals surface area contributed by atoms with Crippen LogP contribution in [0.3, 0.4) is 0 Å². The van der Waals surface area contributed by atoms with Gasteiger partial charge in [0.05, 0.1) is 13.5 Å². The summed E-state index contributed by atoms with van der Waals surface area (Å²) in [5.41, 5.74) is 1.79. The highest BCUT2D eigenvalue weighted by Gasteiger charge is 2.19. The average molecular weight is 419 g/mol. The molecule has 0 bridgehead atoms. The molecule has 0 aliphatic carbocycles. The molecule has 6 heteroatoms. The molecule has 0 fully saturated rings. The third kappa shape index (κ3) is 3.04. The quantitative estimate of drug-likeness (QED) is 0.492. The van der Waals surface area contributed by atoms with Crippen LogP contribution >= 0.6 is 66.4 Å². The molecule has 0 saturated carbocycles. The van der Waals surface area contributed by atoms with Gasteiger partial charge in [-0.3, -0.25) is 0 Å². The van der Waals surface area contributed by atoms with Gasteiger partial charge in [-0.15, -0.1) is 11.3 Å². The summed E-state index contributed by atoms with van der Waals surface area (Å²) in [5.74, 6) is -0.283. The molecule has 0 aliphatic heterocycles. The molecule has 1 atom stereocenters. The Hall–Kier alpha value is 0.390. The molecule has 1 unspecified atom stereocenters. The minimum atomic E-state index is -0.283. The number of benzene rings is 1. The topological polar surface area (TPSA) is 0 Å². The highest BCUT2D eigenvalue weighted by atomic mass is 79.9. The normalized spacial score (nSPS) is 12.8. The monoisotopic (exact) mass is 416 g/mol. The van der Waals surface area contributed by atoms with Gasteiger partial charge in [-0.2, -0.15) is 0 Å². The highest BCUT2D eigenvalue weighted by Crippen LogP contribution is 2.43. The lowest BCUT2D eigenvalue weighted by molar-refractivity contribution is 0.626. The lowest BCUT2D eigenvalue weighted by Crippen LogP contribution is -1.93. The predicted octanol–water partition coefficient (Wildman–Crippen LogP) is 6.44. The van der Waals surface area contributed by atoms with Crippen molar-refractivity contribution in [2.24, 2.45) is 0 Å². The molecular weight excluding hydrogens is 414 g/mol. The van der Waals surface area contributed by atoms with Crippen LogP contribution in [0.5, 0.6) is 0 Å². The fourth-order valence-electron chi connectivity index (χ4n) is 1.40. The van der Waals surface area contributed by atoms with E-state index < -0.39 is 0 Å². The Bertz CT molecular complexity index is 556. The Morgan fingerprint density at radius 2 is 1.88 bits per heavy atom. The molecule has 0 radical (unpaired) electrons. The number of hydrogen-bond donors (Lipinski definition) is 0. The first kappa shape index (κ1) is 13.8. The molecule has 0 amide bonds. The van der Waals surface area contributed by atoms with Gasteiger partial charge in [0.25, 0.3) is 0 Å². The van der Waals surface area contributed by atoms with Crippen molar-refractivity contribution in [3.8, 4) is 0 Å². The van der Waals surface area contributed by atoms with Crippen molar-refractivity contribution >= 4 is 66.4 Å². The second-order valence-corrected chi connectivity index (χ2v) is 7.36. The van der Waals surface area contributed by atoms with Crippen molar-refractivity contribution in [3.63, 3.8) is 0 Å². The Morgan fingerprint density at radius 1 is 1.18 bits per heavy atom. The molecule has 1 heterocycles. The summed E-state index contributed by atoms with van der Waals surface area (Å²) < 4.78 is 15.0. The Kier molecular flexibility index (Phi) is 4.53. The third-order valence-electron chi connectivity index (χ3n) is 2.19. The van der Waals surface area contributed by atoms with Crippen LogP contribution in [0.1, 0.15) is 16.0 Å². The van der Waals surface area contributed by atoms with E-state index >= 15 is 0 Å². The van der Waals surface area contributed by atoms with Gasteiger partial charge in [-0.25, -0.2) is 4.39 Å². The molecule has 2 rings (SSSR count). The van der Waals surface area contributed by atoms with E-state index in [1.807, 2.05) is 6.07 Å². The first-order valence-electron chi connectivity index (χ1n) is 4.53. The van der Waals surface area contributed by atoms with E-state index in [4.69, 9.17) is 23.2 Å². The van der Waals surface area contributed by atoms with Crippen molar-refractivity contribution in [1.29, 1.82) is 0 Å². The maximum absolute atomic E-state index is 13.0. The predicted molar refractivity (Wildman–Crippen MR) is 79.2 cm³/mol. The van der Waals surface area contributed by atoms with E-state index in [0.29, 0.717) is 13.1 Å². The van der Waals surface area contributed by atoms with Crippen LogP contribution in [0.25, 0.3) is 0 Å². The fourth-order valence-corrected chi connectivity index (χ4v) is 4.86. The molecule has 90 valence electrons. The van der Waals surface area contributed by atoms with Crippen molar-refractivity contribution in [2.45, 2.75) is 4.83 Å². The smallest absolute Gasteiger partial charge is 0.124 e. The minimum absolute atomic E-state index is 0.117. The molecule has 1 aromatic heterocycles. The van der Waals surface area contributed by atoms with Gasteiger partial charge >= 0.3 is 0 Å². The van der Waals surface area contributed by atoms with Gasteiger partial charge in [-0.1, -0.05) is 61.1 Å². The molecule has 17 heavy (non-hydrogen) atoms. The zero-order valence-corrected chi connectivity index (χ0v) is 13.7. The second-order valence-electron chi connectivity index (χ2n) is 3.31. The lowest BCUT2D eigenvalue weighted by Gasteiger charge is -2.11. The summed E-state index contributed by atoms with van der Waals surface area (Å²) in [5, 5.41) is 0. The van der Waals surface area contributed by atoms with Crippen LogP contribution < -0.4 is 0 Å². The van der Waals surface area contributed by atoms with E-state index in [1.165, 1.54) is 23.5 Å². The van der Waals surface area contributed by atoms with E-state index in [0.717, 1.165) is 11.1 Å². The number of alkyl halides is 1. The van der Waals surface area contributed by atoms with Gasteiger partial charge < -0.3 is 0 Å². The zero-order valence-electron chi connectivity index (χ0n) is 8.18. The summed E-state index contributed by atoms with van der Waals surface area (Å²) in [4.78, 5) is -0.117. The summed E-state index contributed by atoms with van der Waals surface area (Å²) in [6.07, 6.45) is 0. The summed E-state index contributed by atoms with van der Waals surface area (Å²) in [7, 11) is 0. The third-order valence-corrected chi connectivity index (χ3v) is 5.38. The van der Waals surface area contributed by atoms with Crippen molar-refractivity contribution in [1.82, 2.24) is 0 Å². The lowest BCUT2D eigenvalue weighted by atomic mass is 10.1. The maximum atomic E-state index is 13.0. The Labute approximate surface area is 129 Å². The van der Waals surface area contributed by atoms with Crippen molar-refractivity contribution < 1.29 is 4.39 Å². The van der Waals surface area contributed by atoms with E-state index in [2.05, 4.69) is 31.9 Å². The van der Waals surface area contributed by atoms with Crippen LogP contribution in [0, 0.1) is 5.82 Å². The van der Waals surface area contributed by atoms with Gasteiger partial charge in [-0.05, 0) is 23.8 Å². The van der Waals surface area contributed by atoms with Gasteiger partial charge in [0.15, 0.2) is 0 Å². The average Bonchev–Trinajstić information content (AvgIpc) is 2.57. The summed E-state index contributed by atoms with van der Waals surface area (Å²) in [6.45, 7) is 0. The molecule has 0 spiro atoms. The number of thiophene rings is 1. The van der Waals surface area contributed by atoms with E-state index in [-0.39, 0.29) is 10.6 Å². The minimum Gasteiger partial charge on any atom is -0.207 e. The van der Waals surface area contributed by atoms with Crippen LogP contribution in [-0.2, 0) is 0 Å². The summed E-state index contributed by atoms with van der Waals surface area (Å²) in [6, 6.07) is 6.35. The largest absolute Gasteiger partial charge is 0.207 e. The van der Waals surface area contributed by atoms with Gasteiger partial charge in [0, 0.05) is 10.0 Å². The van der Waals surface area contributed by atoms with Gasteiger partial charge in [0.2, 0.25) is 0 Å². The van der Waals surface area contributed by atoms with Crippen LogP contribution in [0.4, 0.5) is 4.39 Å². The first-order valence-corrected chi connectivity index (χ1v) is 7.81. The van der Waals surface area contributed by atoms with E-state index in [1.54, 1.807) is 6.07 Å². The van der Waals surface area contributed by atoms with Crippen molar-refractivity contribution in [3.05, 3.63) is 54.4 Å². The number of hydrogen-bond acceptors (Lipinski definition) is 1. The van der Waals surface area contributed by atoms with Crippen molar-refractivity contribution in [2.75, 3.05) is 0 Å². The molecule has 1 aromatic carbocycles. The van der Waals surface area contributed by atoms with Crippen LogP contribution in [0.2, 0.25) is 8.67 Å². The zero-order chi connectivity index (χ0) is 12.6. The molecule has 2 aromatic rings. The molecule has 0 saturated heterocycles. The SMILES string of the molecule is Fc1ccc(C(Br)c2cc(Cl)sc2Cl)c(Br)c1. The van der Waals surface area contributed by atoms with Gasteiger partial charge in [0.1, 0.15) is 5.82 Å². The van der Waals surface area contributed by atoms with E-state index in [9.17, 15) is 4.39 Å². The first-order chi connectivity index (χ1) is 7.99. The van der Waals surface area contributed by atoms with Crippen LogP contribution in [-0.4, -0.2) is 0 Å². The second kappa shape index (κ2) is 5.57. The Balaban J connectivity index is 2.43. The molecule has 0 nitrogen and oxygen atoms in total. The maximum Gasteiger partial charge on any atom is 0.124 e. The summed E-state index contributed by atoms with van der Waals surface area (Å²) >= 11 is 20.2. The molecule has 0 N–H and O–H groups in total. The highest BCUT2D eigenvalue weighted by molar-refractivity contribution is 9.11.